The molecule has 0 unspecified atom stereocenters. The summed E-state index contributed by atoms with van der Waals surface area (Å²) in [7, 11) is 1.74. The maximum atomic E-state index is 11.8. The minimum absolute atomic E-state index is 0.0389. The summed E-state index contributed by atoms with van der Waals surface area (Å²) in [6.45, 7) is 3.88. The number of carboxylic acid groups (broad SMARTS) is 1. The lowest BCUT2D eigenvalue weighted by atomic mass is 9.83. The van der Waals surface area contributed by atoms with Crippen LogP contribution < -0.4 is 0 Å². The third kappa shape index (κ3) is 1.69. The lowest BCUT2D eigenvalue weighted by molar-refractivity contribution is -0.142. The van der Waals surface area contributed by atoms with Crippen molar-refractivity contribution >= 4 is 11.9 Å². The van der Waals surface area contributed by atoms with Gasteiger partial charge in [0.1, 0.15) is 0 Å². The van der Waals surface area contributed by atoms with Gasteiger partial charge in [-0.2, -0.15) is 0 Å². The summed E-state index contributed by atoms with van der Waals surface area (Å²) in [4.78, 5) is 24.6. The van der Waals surface area contributed by atoms with Gasteiger partial charge in [-0.25, -0.2) is 0 Å². The molecule has 4 nitrogen and oxygen atoms in total. The van der Waals surface area contributed by atoms with E-state index in [1.54, 1.807) is 37.9 Å². The van der Waals surface area contributed by atoms with Crippen molar-refractivity contribution in [2.75, 3.05) is 7.05 Å². The number of carboxylic acids is 1. The highest BCUT2D eigenvalue weighted by Crippen LogP contribution is 2.29. The third-order valence-corrected chi connectivity index (χ3v) is 3.35. The second kappa shape index (κ2) is 3.58. The van der Waals surface area contributed by atoms with E-state index in [4.69, 9.17) is 5.11 Å². The monoisotopic (exact) mass is 233 g/mol. The fourth-order valence-corrected chi connectivity index (χ4v) is 1.96. The maximum absolute atomic E-state index is 11.8. The van der Waals surface area contributed by atoms with Gasteiger partial charge in [0.2, 0.25) is 0 Å². The lowest BCUT2D eigenvalue weighted by Gasteiger charge is -2.20. The number of hydrogen-bond donors (Lipinski definition) is 1. The zero-order chi connectivity index (χ0) is 12.8. The second-order valence-corrected chi connectivity index (χ2v) is 4.96. The smallest absolute Gasteiger partial charge is 0.313 e. The summed E-state index contributed by atoms with van der Waals surface area (Å²) in [6.07, 6.45) is 0. The van der Waals surface area contributed by atoms with Gasteiger partial charge in [-0.05, 0) is 31.0 Å². The van der Waals surface area contributed by atoms with Crippen LogP contribution in [0.4, 0.5) is 0 Å². The van der Waals surface area contributed by atoms with Crippen LogP contribution in [0.3, 0.4) is 0 Å². The summed E-state index contributed by atoms with van der Waals surface area (Å²) in [5.41, 5.74) is 1.27. The topological polar surface area (TPSA) is 57.6 Å². The van der Waals surface area contributed by atoms with Gasteiger partial charge in [0.25, 0.3) is 5.91 Å². The normalized spacial score (nSPS) is 15.0. The van der Waals surface area contributed by atoms with Crippen LogP contribution >= 0.6 is 0 Å². The number of nitrogens with zero attached hydrogens (tertiary/aromatic N) is 1. The first-order valence-electron chi connectivity index (χ1n) is 5.46. The zero-order valence-corrected chi connectivity index (χ0v) is 10.2. The highest BCUT2D eigenvalue weighted by atomic mass is 16.4. The average molecular weight is 233 g/mol. The molecule has 0 atom stereocenters. The first-order chi connectivity index (χ1) is 7.84. The van der Waals surface area contributed by atoms with Gasteiger partial charge in [0, 0.05) is 19.2 Å². The molecular formula is C13H15NO3. The Morgan fingerprint density at radius 3 is 2.65 bits per heavy atom. The SMILES string of the molecule is CN1Cc2ccc(C(C)(C)C(=O)O)cc2C1=O. The Kier molecular flexibility index (Phi) is 2.45. The number of carbonyl (C=O) groups excluding carboxylic acids is 1. The Hall–Kier alpha value is -1.84. The molecule has 0 bridgehead atoms. The second-order valence-electron chi connectivity index (χ2n) is 4.96. The predicted molar refractivity (Wildman–Crippen MR) is 62.9 cm³/mol. The van der Waals surface area contributed by atoms with Crippen molar-refractivity contribution in [1.29, 1.82) is 0 Å². The van der Waals surface area contributed by atoms with E-state index in [0.717, 1.165) is 5.56 Å². The standard InChI is InChI=1S/C13H15NO3/c1-13(2,12(16)17)9-5-4-8-7-14(3)11(15)10(8)6-9/h4-6H,7H2,1-3H3,(H,16,17). The van der Waals surface area contributed by atoms with Gasteiger partial charge in [0.15, 0.2) is 0 Å². The number of amides is 1. The van der Waals surface area contributed by atoms with Crippen LogP contribution in [-0.2, 0) is 16.8 Å². The minimum atomic E-state index is -0.976. The van der Waals surface area contributed by atoms with E-state index in [9.17, 15) is 9.59 Å². The number of rotatable bonds is 2. The van der Waals surface area contributed by atoms with E-state index in [1.165, 1.54) is 0 Å². The van der Waals surface area contributed by atoms with Crippen molar-refractivity contribution in [2.45, 2.75) is 25.8 Å². The molecule has 0 spiro atoms. The quantitative estimate of drug-likeness (QED) is 0.844. The first kappa shape index (κ1) is 11.6. The van der Waals surface area contributed by atoms with Crippen molar-refractivity contribution < 1.29 is 14.7 Å². The zero-order valence-electron chi connectivity index (χ0n) is 10.2. The van der Waals surface area contributed by atoms with E-state index >= 15 is 0 Å². The Labute approximate surface area is 99.9 Å². The van der Waals surface area contributed by atoms with Crippen molar-refractivity contribution in [3.8, 4) is 0 Å². The van der Waals surface area contributed by atoms with Crippen molar-refractivity contribution in [1.82, 2.24) is 4.90 Å². The summed E-state index contributed by atoms with van der Waals surface area (Å²) in [6, 6.07) is 5.34. The molecule has 0 fully saturated rings. The van der Waals surface area contributed by atoms with Gasteiger partial charge in [-0.1, -0.05) is 12.1 Å². The molecule has 17 heavy (non-hydrogen) atoms. The Bertz CT molecular complexity index is 505. The van der Waals surface area contributed by atoms with Gasteiger partial charge in [-0.15, -0.1) is 0 Å². The van der Waals surface area contributed by atoms with E-state index in [-0.39, 0.29) is 5.91 Å². The molecular weight excluding hydrogens is 218 g/mol. The fraction of sp³-hybridized carbons (Fsp3) is 0.385. The van der Waals surface area contributed by atoms with Crippen LogP contribution in [0, 0.1) is 0 Å². The highest BCUT2D eigenvalue weighted by Gasteiger charge is 2.32. The predicted octanol–water partition coefficient (Wildman–Crippen LogP) is 1.63. The highest BCUT2D eigenvalue weighted by molar-refractivity contribution is 5.98. The number of fused-ring (bicyclic) bond motifs is 1. The molecule has 1 aliphatic heterocycles. The number of hydrogen-bond acceptors (Lipinski definition) is 2. The lowest BCUT2D eigenvalue weighted by Crippen LogP contribution is -2.28. The van der Waals surface area contributed by atoms with Crippen molar-refractivity contribution in [3.63, 3.8) is 0 Å². The fourth-order valence-electron chi connectivity index (χ4n) is 1.96. The molecule has 4 heteroatoms. The van der Waals surface area contributed by atoms with E-state index in [1.807, 2.05) is 6.07 Å². The van der Waals surface area contributed by atoms with Crippen LogP contribution in [0.15, 0.2) is 18.2 Å². The maximum Gasteiger partial charge on any atom is 0.313 e. The molecule has 0 saturated heterocycles. The Morgan fingerprint density at radius 2 is 2.06 bits per heavy atom. The summed E-state index contributed by atoms with van der Waals surface area (Å²) in [5, 5.41) is 9.17. The van der Waals surface area contributed by atoms with Crippen molar-refractivity contribution in [3.05, 3.63) is 34.9 Å². The van der Waals surface area contributed by atoms with Crippen LogP contribution in [0.5, 0.6) is 0 Å². The van der Waals surface area contributed by atoms with Crippen LogP contribution in [0.25, 0.3) is 0 Å². The van der Waals surface area contributed by atoms with Crippen LogP contribution in [0.2, 0.25) is 0 Å². The molecule has 1 aromatic carbocycles. The van der Waals surface area contributed by atoms with Gasteiger partial charge in [-0.3, -0.25) is 9.59 Å². The number of benzene rings is 1. The number of carbonyl (C=O) groups is 2. The molecule has 0 aliphatic carbocycles. The van der Waals surface area contributed by atoms with Gasteiger partial charge >= 0.3 is 5.97 Å². The largest absolute Gasteiger partial charge is 0.481 e. The Balaban J connectivity index is 2.49. The Morgan fingerprint density at radius 1 is 1.41 bits per heavy atom. The summed E-state index contributed by atoms with van der Waals surface area (Å²) < 4.78 is 0. The number of aliphatic carboxylic acids is 1. The third-order valence-electron chi connectivity index (χ3n) is 3.35. The molecule has 1 aromatic rings. The molecule has 0 aromatic heterocycles. The molecule has 1 aliphatic rings. The molecule has 0 saturated carbocycles. The summed E-state index contributed by atoms with van der Waals surface area (Å²) >= 11 is 0. The summed E-state index contributed by atoms with van der Waals surface area (Å²) in [5.74, 6) is -0.931. The first-order valence-corrected chi connectivity index (χ1v) is 5.46. The van der Waals surface area contributed by atoms with Gasteiger partial charge < -0.3 is 10.0 Å². The van der Waals surface area contributed by atoms with E-state index in [0.29, 0.717) is 17.7 Å². The van der Waals surface area contributed by atoms with E-state index in [2.05, 4.69) is 0 Å². The molecule has 1 N–H and O–H groups in total. The van der Waals surface area contributed by atoms with Crippen LogP contribution in [0.1, 0.15) is 35.3 Å². The van der Waals surface area contributed by atoms with Crippen molar-refractivity contribution in [2.24, 2.45) is 0 Å². The average Bonchev–Trinajstić information content (AvgIpc) is 2.54. The van der Waals surface area contributed by atoms with Gasteiger partial charge in [0.05, 0.1) is 5.41 Å². The minimum Gasteiger partial charge on any atom is -0.481 e. The molecule has 2 rings (SSSR count). The molecule has 1 amide bonds. The van der Waals surface area contributed by atoms with Crippen LogP contribution in [-0.4, -0.2) is 28.9 Å². The molecule has 0 radical (unpaired) electrons. The molecule has 1 heterocycles. The molecule has 90 valence electrons. The van der Waals surface area contributed by atoms with E-state index < -0.39 is 11.4 Å².